The number of anilines is 2. The van der Waals surface area contributed by atoms with Gasteiger partial charge in [0.1, 0.15) is 37.1 Å². The van der Waals surface area contributed by atoms with Crippen molar-refractivity contribution in [2.75, 3.05) is 41.5 Å². The number of carbonyl (C=O) groups is 3. The van der Waals surface area contributed by atoms with E-state index in [1.54, 1.807) is 18.2 Å². The summed E-state index contributed by atoms with van der Waals surface area (Å²) in [7, 11) is -1.84. The van der Waals surface area contributed by atoms with Gasteiger partial charge in [-0.15, -0.1) is 0 Å². The molecule has 0 saturated heterocycles. The minimum Gasteiger partial charge on any atom is -0.486 e. The number of carbonyl (C=O) groups excluding carboxylic acids is 3. The summed E-state index contributed by atoms with van der Waals surface area (Å²) in [4.78, 5) is 39.4. The maximum Gasteiger partial charge on any atom is 0.240 e. The third kappa shape index (κ3) is 7.03. The lowest BCUT2D eigenvalue weighted by Crippen LogP contribution is -2.45. The van der Waals surface area contributed by atoms with Crippen LogP contribution >= 0.6 is 0 Å². The van der Waals surface area contributed by atoms with E-state index < -0.39 is 39.9 Å². The zero-order valence-corrected chi connectivity index (χ0v) is 20.5. The van der Waals surface area contributed by atoms with Gasteiger partial charge in [0.2, 0.25) is 17.7 Å². The molecule has 192 valence electrons. The van der Waals surface area contributed by atoms with Gasteiger partial charge in [0.25, 0.3) is 0 Å². The topological polar surface area (TPSA) is 114 Å². The van der Waals surface area contributed by atoms with E-state index in [9.17, 15) is 23.0 Å². The number of nitrogens with one attached hydrogen (secondary N) is 2. The highest BCUT2D eigenvalue weighted by Crippen LogP contribution is 2.34. The molecule has 2 aromatic carbocycles. The number of fused-ring (bicyclic) bond motifs is 1. The zero-order valence-electron chi connectivity index (χ0n) is 19.7. The summed E-state index contributed by atoms with van der Waals surface area (Å²) >= 11 is 0. The molecule has 0 spiro atoms. The van der Waals surface area contributed by atoms with Crippen molar-refractivity contribution >= 4 is 39.9 Å². The van der Waals surface area contributed by atoms with Gasteiger partial charge in [0.05, 0.1) is 0 Å². The normalized spacial score (nSPS) is 15.7. The van der Waals surface area contributed by atoms with Crippen molar-refractivity contribution in [3.63, 3.8) is 0 Å². The minimum absolute atomic E-state index is 0.0824. The fraction of sp³-hybridized carbons (Fsp3) is 0.400. The number of hydrogen-bond acceptors (Lipinski definition) is 6. The van der Waals surface area contributed by atoms with Gasteiger partial charge in [-0.1, -0.05) is 12.8 Å². The summed E-state index contributed by atoms with van der Waals surface area (Å²) in [5, 5.41) is 5.48. The molecule has 11 heteroatoms. The summed E-state index contributed by atoms with van der Waals surface area (Å²) in [6, 6.07) is 10.1. The van der Waals surface area contributed by atoms with Crippen LogP contribution in [0.25, 0.3) is 0 Å². The van der Waals surface area contributed by atoms with Crippen molar-refractivity contribution in [3.8, 4) is 11.5 Å². The molecule has 2 aliphatic rings. The number of ether oxygens (including phenoxy) is 2. The molecule has 1 heterocycles. The molecule has 1 saturated carbocycles. The summed E-state index contributed by atoms with van der Waals surface area (Å²) in [5.41, 5.74) is 0.754. The van der Waals surface area contributed by atoms with Crippen molar-refractivity contribution in [3.05, 3.63) is 48.3 Å². The smallest absolute Gasteiger partial charge is 0.240 e. The van der Waals surface area contributed by atoms with Gasteiger partial charge in [0, 0.05) is 34.3 Å². The second-order valence-corrected chi connectivity index (χ2v) is 10.1. The molecule has 9 nitrogen and oxygen atoms in total. The number of amides is 3. The number of benzene rings is 2. The minimum atomic E-state index is -1.84. The second kappa shape index (κ2) is 12.0. The first-order chi connectivity index (χ1) is 17.4. The van der Waals surface area contributed by atoms with Crippen LogP contribution in [0.3, 0.4) is 0 Å². The molecule has 0 unspecified atom stereocenters. The quantitative estimate of drug-likeness (QED) is 0.528. The van der Waals surface area contributed by atoms with Crippen molar-refractivity contribution in [1.82, 2.24) is 5.32 Å². The van der Waals surface area contributed by atoms with E-state index in [0.717, 1.165) is 25.7 Å². The van der Waals surface area contributed by atoms with Crippen molar-refractivity contribution < 1.29 is 32.5 Å². The van der Waals surface area contributed by atoms with Crippen LogP contribution in [0.15, 0.2) is 42.5 Å². The maximum absolute atomic E-state index is 13.2. The van der Waals surface area contributed by atoms with Crippen LogP contribution in [-0.4, -0.2) is 59.2 Å². The van der Waals surface area contributed by atoms with Crippen molar-refractivity contribution in [1.29, 1.82) is 0 Å². The average molecular weight is 518 g/mol. The predicted octanol–water partition coefficient (Wildman–Crippen LogP) is 2.38. The molecular formula is C25H28FN3O6S. The Labute approximate surface area is 210 Å². The van der Waals surface area contributed by atoms with Crippen molar-refractivity contribution in [2.45, 2.75) is 31.7 Å². The number of halogens is 1. The number of rotatable bonds is 9. The van der Waals surface area contributed by atoms with Gasteiger partial charge in [0.15, 0.2) is 11.5 Å². The van der Waals surface area contributed by atoms with E-state index in [4.69, 9.17) is 9.47 Å². The molecule has 3 amide bonds. The Morgan fingerprint density at radius 1 is 0.944 bits per heavy atom. The average Bonchev–Trinajstić information content (AvgIpc) is 3.36. The van der Waals surface area contributed by atoms with Crippen LogP contribution in [0.2, 0.25) is 0 Å². The fourth-order valence-electron chi connectivity index (χ4n) is 4.15. The van der Waals surface area contributed by atoms with Crippen LogP contribution in [0.5, 0.6) is 11.5 Å². The Morgan fingerprint density at radius 2 is 1.64 bits per heavy atom. The van der Waals surface area contributed by atoms with Gasteiger partial charge in [-0.3, -0.25) is 18.6 Å². The SMILES string of the molecule is O=C(C[S@@](=O)CC(=O)N(CC(=O)NC1CCCC1)c1ccc2c(c1)OCCO2)Nc1ccc(F)cc1. The third-order valence-electron chi connectivity index (χ3n) is 5.87. The molecule has 2 aromatic rings. The summed E-state index contributed by atoms with van der Waals surface area (Å²) < 4.78 is 36.8. The van der Waals surface area contributed by atoms with E-state index in [2.05, 4.69) is 10.6 Å². The Balaban J connectivity index is 1.42. The molecule has 4 rings (SSSR count). The Morgan fingerprint density at radius 3 is 2.36 bits per heavy atom. The molecule has 1 atom stereocenters. The van der Waals surface area contributed by atoms with E-state index in [1.807, 2.05) is 0 Å². The predicted molar refractivity (Wildman–Crippen MR) is 133 cm³/mol. The molecule has 0 radical (unpaired) electrons. The standard InChI is InChI=1S/C25H28FN3O6S/c26-17-5-7-19(8-6-17)28-24(31)15-36(33)16-25(32)29(14-23(30)27-18-3-1-2-4-18)20-9-10-21-22(13-20)35-12-11-34-21/h5-10,13,18H,1-4,11-12,14-16H2,(H,27,30)(H,28,31)/t36-/m1/s1. The van der Waals surface area contributed by atoms with Crippen LogP contribution < -0.4 is 25.0 Å². The van der Waals surface area contributed by atoms with Crippen LogP contribution in [0.1, 0.15) is 25.7 Å². The first-order valence-electron chi connectivity index (χ1n) is 11.8. The van der Waals surface area contributed by atoms with Gasteiger partial charge < -0.3 is 25.0 Å². The molecule has 1 aliphatic carbocycles. The summed E-state index contributed by atoms with van der Waals surface area (Å²) in [6.07, 6.45) is 3.90. The fourth-order valence-corrected chi connectivity index (χ4v) is 5.05. The van der Waals surface area contributed by atoms with E-state index in [-0.39, 0.29) is 18.5 Å². The van der Waals surface area contributed by atoms with E-state index >= 15 is 0 Å². The molecule has 2 N–H and O–H groups in total. The van der Waals surface area contributed by atoms with Crippen molar-refractivity contribution in [2.24, 2.45) is 0 Å². The van der Waals surface area contributed by atoms with Gasteiger partial charge in [-0.2, -0.15) is 0 Å². The molecule has 1 fully saturated rings. The Bertz CT molecular complexity index is 1140. The van der Waals surface area contributed by atoms with Crippen LogP contribution in [0, 0.1) is 5.82 Å². The summed E-state index contributed by atoms with van der Waals surface area (Å²) in [6.45, 7) is 0.519. The largest absolute Gasteiger partial charge is 0.486 e. The molecule has 0 aromatic heterocycles. The molecular weight excluding hydrogens is 489 g/mol. The Hall–Kier alpha value is -3.47. The second-order valence-electron chi connectivity index (χ2n) is 8.64. The highest BCUT2D eigenvalue weighted by molar-refractivity contribution is 7.86. The lowest BCUT2D eigenvalue weighted by Gasteiger charge is -2.25. The Kier molecular flexibility index (Phi) is 8.52. The number of nitrogens with zero attached hydrogens (tertiary/aromatic N) is 1. The van der Waals surface area contributed by atoms with E-state index in [0.29, 0.717) is 36.1 Å². The van der Waals surface area contributed by atoms with Gasteiger partial charge >= 0.3 is 0 Å². The zero-order chi connectivity index (χ0) is 25.5. The lowest BCUT2D eigenvalue weighted by atomic mass is 10.2. The van der Waals surface area contributed by atoms with Crippen LogP contribution in [-0.2, 0) is 25.2 Å². The maximum atomic E-state index is 13.2. The third-order valence-corrected chi connectivity index (χ3v) is 7.02. The van der Waals surface area contributed by atoms with Gasteiger partial charge in [-0.25, -0.2) is 4.39 Å². The van der Waals surface area contributed by atoms with E-state index in [1.165, 1.54) is 29.2 Å². The lowest BCUT2D eigenvalue weighted by molar-refractivity contribution is -0.123. The first kappa shape index (κ1) is 25.6. The van der Waals surface area contributed by atoms with Gasteiger partial charge in [-0.05, 0) is 49.2 Å². The molecule has 36 heavy (non-hydrogen) atoms. The number of hydrogen-bond donors (Lipinski definition) is 2. The molecule has 1 aliphatic heterocycles. The first-order valence-corrected chi connectivity index (χ1v) is 13.3. The van der Waals surface area contributed by atoms with Crippen LogP contribution in [0.4, 0.5) is 15.8 Å². The monoisotopic (exact) mass is 517 g/mol. The highest BCUT2D eigenvalue weighted by atomic mass is 32.2. The summed E-state index contributed by atoms with van der Waals surface area (Å²) in [5.74, 6) is -1.79. The molecule has 0 bridgehead atoms. The highest BCUT2D eigenvalue weighted by Gasteiger charge is 2.26.